The SMILES string of the molecule is COC(C)(C)CCN1C(=O)C(C(C)C)NC(=O)C1C1CC1. The summed E-state index contributed by atoms with van der Waals surface area (Å²) in [6, 6.07) is -0.668. The van der Waals surface area contributed by atoms with Gasteiger partial charge in [0.15, 0.2) is 0 Å². The summed E-state index contributed by atoms with van der Waals surface area (Å²) in [7, 11) is 1.68. The van der Waals surface area contributed by atoms with Crippen molar-refractivity contribution >= 4 is 11.8 Å². The molecule has 0 radical (unpaired) electrons. The van der Waals surface area contributed by atoms with Gasteiger partial charge in [0.25, 0.3) is 0 Å². The van der Waals surface area contributed by atoms with Crippen LogP contribution in [-0.4, -0.2) is 48.1 Å². The van der Waals surface area contributed by atoms with E-state index >= 15 is 0 Å². The Balaban J connectivity index is 2.14. The second-order valence-corrected chi connectivity index (χ2v) is 7.26. The summed E-state index contributed by atoms with van der Waals surface area (Å²) >= 11 is 0. The number of hydrogen-bond acceptors (Lipinski definition) is 3. The highest BCUT2D eigenvalue weighted by molar-refractivity contribution is 5.97. The minimum atomic E-state index is -0.391. The Bertz CT molecular complexity index is 416. The van der Waals surface area contributed by atoms with Crippen LogP contribution in [0.5, 0.6) is 0 Å². The van der Waals surface area contributed by atoms with Gasteiger partial charge in [-0.2, -0.15) is 0 Å². The van der Waals surface area contributed by atoms with Gasteiger partial charge < -0.3 is 15.0 Å². The summed E-state index contributed by atoms with van der Waals surface area (Å²) in [4.78, 5) is 26.9. The maximum atomic E-state index is 12.7. The van der Waals surface area contributed by atoms with Crippen molar-refractivity contribution in [2.75, 3.05) is 13.7 Å². The van der Waals surface area contributed by atoms with E-state index in [1.165, 1.54) is 0 Å². The van der Waals surface area contributed by atoms with Crippen LogP contribution in [0.15, 0.2) is 0 Å². The van der Waals surface area contributed by atoms with Gasteiger partial charge in [-0.1, -0.05) is 13.8 Å². The van der Waals surface area contributed by atoms with Crippen molar-refractivity contribution in [3.63, 3.8) is 0 Å². The maximum Gasteiger partial charge on any atom is 0.246 e. The molecule has 1 saturated carbocycles. The Hall–Kier alpha value is -1.10. The van der Waals surface area contributed by atoms with E-state index in [4.69, 9.17) is 4.74 Å². The van der Waals surface area contributed by atoms with Crippen molar-refractivity contribution in [2.24, 2.45) is 11.8 Å². The lowest BCUT2D eigenvalue weighted by atomic mass is 9.94. The molecule has 2 unspecified atom stereocenters. The number of piperazine rings is 1. The number of methoxy groups -OCH3 is 1. The molecule has 2 aliphatic rings. The van der Waals surface area contributed by atoms with Gasteiger partial charge in [0.1, 0.15) is 12.1 Å². The second-order valence-electron chi connectivity index (χ2n) is 7.26. The first kappa shape index (κ1) is 16.3. The molecule has 0 spiro atoms. The topological polar surface area (TPSA) is 58.6 Å². The minimum absolute atomic E-state index is 0.0195. The third-order valence-corrected chi connectivity index (χ3v) is 4.69. The Morgan fingerprint density at radius 3 is 2.43 bits per heavy atom. The zero-order valence-electron chi connectivity index (χ0n) is 13.8. The first-order chi connectivity index (χ1) is 9.76. The first-order valence-corrected chi connectivity index (χ1v) is 7.93. The van der Waals surface area contributed by atoms with Crippen molar-refractivity contribution < 1.29 is 14.3 Å². The first-order valence-electron chi connectivity index (χ1n) is 7.93. The molecule has 1 saturated heterocycles. The van der Waals surface area contributed by atoms with Crippen LogP contribution in [0.3, 0.4) is 0 Å². The van der Waals surface area contributed by atoms with Crippen molar-refractivity contribution in [3.8, 4) is 0 Å². The van der Waals surface area contributed by atoms with Crippen molar-refractivity contribution in [3.05, 3.63) is 0 Å². The molecule has 2 atom stereocenters. The van der Waals surface area contributed by atoms with Gasteiger partial charge in [-0.05, 0) is 44.9 Å². The molecule has 0 bridgehead atoms. The number of hydrogen-bond donors (Lipinski definition) is 1. The highest BCUT2D eigenvalue weighted by Gasteiger charge is 2.48. The molecule has 1 aliphatic carbocycles. The van der Waals surface area contributed by atoms with Crippen LogP contribution in [0.25, 0.3) is 0 Å². The molecule has 21 heavy (non-hydrogen) atoms. The van der Waals surface area contributed by atoms with Crippen molar-refractivity contribution in [1.82, 2.24) is 10.2 Å². The highest BCUT2D eigenvalue weighted by atomic mass is 16.5. The fourth-order valence-electron chi connectivity index (χ4n) is 2.83. The third kappa shape index (κ3) is 3.57. The summed E-state index contributed by atoms with van der Waals surface area (Å²) in [5, 5.41) is 2.92. The third-order valence-electron chi connectivity index (χ3n) is 4.69. The number of carbonyl (C=O) groups excluding carboxylic acids is 2. The Morgan fingerprint density at radius 2 is 1.95 bits per heavy atom. The molecule has 2 fully saturated rings. The van der Waals surface area contributed by atoms with E-state index in [-0.39, 0.29) is 29.4 Å². The molecule has 0 aromatic heterocycles. The van der Waals surface area contributed by atoms with Gasteiger partial charge in [0.05, 0.1) is 5.60 Å². The fourth-order valence-corrected chi connectivity index (χ4v) is 2.83. The Labute approximate surface area is 127 Å². The molecule has 120 valence electrons. The predicted octanol–water partition coefficient (Wildman–Crippen LogP) is 1.56. The molecule has 0 aromatic rings. The summed E-state index contributed by atoms with van der Waals surface area (Å²) in [5.74, 6) is 0.534. The van der Waals surface area contributed by atoms with Crippen molar-refractivity contribution in [2.45, 2.75) is 64.6 Å². The lowest BCUT2D eigenvalue weighted by Crippen LogP contribution is -2.65. The fraction of sp³-hybridized carbons (Fsp3) is 0.875. The molecule has 1 heterocycles. The quantitative estimate of drug-likeness (QED) is 0.809. The molecule has 2 rings (SSSR count). The average molecular weight is 296 g/mol. The second kappa shape index (κ2) is 5.95. The smallest absolute Gasteiger partial charge is 0.246 e. The Morgan fingerprint density at radius 1 is 1.33 bits per heavy atom. The van der Waals surface area contributed by atoms with E-state index in [1.54, 1.807) is 7.11 Å². The van der Waals surface area contributed by atoms with Gasteiger partial charge in [0.2, 0.25) is 11.8 Å². The van der Waals surface area contributed by atoms with E-state index in [0.717, 1.165) is 19.3 Å². The molecular formula is C16H28N2O3. The van der Waals surface area contributed by atoms with E-state index in [1.807, 2.05) is 32.6 Å². The van der Waals surface area contributed by atoms with E-state index in [9.17, 15) is 9.59 Å². The number of nitrogens with zero attached hydrogens (tertiary/aromatic N) is 1. The Kier molecular flexibility index (Phi) is 4.61. The molecular weight excluding hydrogens is 268 g/mol. The van der Waals surface area contributed by atoms with E-state index in [0.29, 0.717) is 12.5 Å². The number of amides is 2. The number of ether oxygens (including phenoxy) is 1. The lowest BCUT2D eigenvalue weighted by Gasteiger charge is -2.41. The lowest BCUT2D eigenvalue weighted by molar-refractivity contribution is -0.152. The summed E-state index contributed by atoms with van der Waals surface area (Å²) in [6.07, 6.45) is 2.82. The number of rotatable bonds is 6. The molecule has 0 aromatic carbocycles. The van der Waals surface area contributed by atoms with Crippen LogP contribution in [0.4, 0.5) is 0 Å². The van der Waals surface area contributed by atoms with Crippen LogP contribution < -0.4 is 5.32 Å². The summed E-state index contributed by atoms with van der Waals surface area (Å²) in [5.41, 5.74) is -0.282. The number of nitrogens with one attached hydrogen (secondary N) is 1. The minimum Gasteiger partial charge on any atom is -0.379 e. The molecule has 5 nitrogen and oxygen atoms in total. The maximum absolute atomic E-state index is 12.7. The van der Waals surface area contributed by atoms with E-state index in [2.05, 4.69) is 5.32 Å². The van der Waals surface area contributed by atoms with Crippen LogP contribution in [-0.2, 0) is 14.3 Å². The van der Waals surface area contributed by atoms with E-state index < -0.39 is 6.04 Å². The molecule has 1 aliphatic heterocycles. The largest absolute Gasteiger partial charge is 0.379 e. The monoisotopic (exact) mass is 296 g/mol. The van der Waals surface area contributed by atoms with Crippen LogP contribution >= 0.6 is 0 Å². The van der Waals surface area contributed by atoms with Gasteiger partial charge in [0, 0.05) is 13.7 Å². The average Bonchev–Trinajstić information content (AvgIpc) is 3.23. The van der Waals surface area contributed by atoms with Gasteiger partial charge in [-0.25, -0.2) is 0 Å². The zero-order valence-corrected chi connectivity index (χ0v) is 13.8. The van der Waals surface area contributed by atoms with Gasteiger partial charge in [-0.3, -0.25) is 9.59 Å². The van der Waals surface area contributed by atoms with Crippen LogP contribution in [0, 0.1) is 11.8 Å². The van der Waals surface area contributed by atoms with Crippen LogP contribution in [0.1, 0.15) is 47.0 Å². The zero-order chi connectivity index (χ0) is 15.8. The van der Waals surface area contributed by atoms with Crippen molar-refractivity contribution in [1.29, 1.82) is 0 Å². The highest BCUT2D eigenvalue weighted by Crippen LogP contribution is 2.37. The van der Waals surface area contributed by atoms with Gasteiger partial charge in [-0.15, -0.1) is 0 Å². The van der Waals surface area contributed by atoms with Gasteiger partial charge >= 0.3 is 0 Å². The normalized spacial score (nSPS) is 27.2. The van der Waals surface area contributed by atoms with Crippen LogP contribution in [0.2, 0.25) is 0 Å². The molecule has 2 amide bonds. The molecule has 5 heteroatoms. The summed E-state index contributed by atoms with van der Waals surface area (Å²) in [6.45, 7) is 8.54. The number of carbonyl (C=O) groups is 2. The predicted molar refractivity (Wildman–Crippen MR) is 80.7 cm³/mol. The molecule has 1 N–H and O–H groups in total. The standard InChI is InChI=1S/C16H28N2O3/c1-10(2)12-15(20)18(9-8-16(3,4)21-5)13(11-6-7-11)14(19)17-12/h10-13H,6-9H2,1-5H3,(H,17,19). The summed E-state index contributed by atoms with van der Waals surface area (Å²) < 4.78 is 5.44.